The van der Waals surface area contributed by atoms with Gasteiger partial charge in [-0.3, -0.25) is 4.99 Å². The molecular weight excluding hydrogens is 473 g/mol. The lowest BCUT2D eigenvalue weighted by atomic mass is 9.75. The Kier molecular flexibility index (Phi) is 8.71. The average Bonchev–Trinajstić information content (AvgIpc) is 2.94. The van der Waals surface area contributed by atoms with Gasteiger partial charge in [0, 0.05) is 18.6 Å². The summed E-state index contributed by atoms with van der Waals surface area (Å²) in [6, 6.07) is 1.01. The summed E-state index contributed by atoms with van der Waals surface area (Å²) in [5.41, 5.74) is 0.463. The number of guanidine groups is 1. The lowest BCUT2D eigenvalue weighted by molar-refractivity contribution is 0.216. The van der Waals surface area contributed by atoms with Crippen molar-refractivity contribution in [1.29, 1.82) is 0 Å². The number of rotatable bonds is 4. The summed E-state index contributed by atoms with van der Waals surface area (Å²) in [4.78, 5) is 4.83. The Hall–Kier alpha value is -0.0500. The second kappa shape index (κ2) is 10.1. The van der Waals surface area contributed by atoms with Crippen LogP contribution in [0.25, 0.3) is 0 Å². The first-order chi connectivity index (χ1) is 12.3. The van der Waals surface area contributed by atoms with Gasteiger partial charge in [0.25, 0.3) is 0 Å². The van der Waals surface area contributed by atoms with Crippen LogP contribution in [0.3, 0.4) is 0 Å². The SMILES string of the molecule is CC1(C)CCC(NC(=NCC2CCS(=O)(=O)C2)NC2CCCCC2)CC1.I. The summed E-state index contributed by atoms with van der Waals surface area (Å²) in [5, 5.41) is 7.33. The quantitative estimate of drug-likeness (QED) is 0.342. The Bertz CT molecular complexity index is 590. The van der Waals surface area contributed by atoms with E-state index < -0.39 is 9.84 Å². The standard InChI is InChI=1S/C20H37N3O2S.HI/c1-20(2)11-8-18(9-12-20)23-19(22-17-6-4-3-5-7-17)21-14-16-10-13-26(24,25)15-16;/h16-18H,3-15H2,1-2H3,(H2,21,22,23);1H. The topological polar surface area (TPSA) is 70.6 Å². The van der Waals surface area contributed by atoms with Gasteiger partial charge in [0.2, 0.25) is 0 Å². The number of aliphatic imine (C=N–C) groups is 1. The predicted molar refractivity (Wildman–Crippen MR) is 124 cm³/mol. The molecule has 0 aromatic rings. The molecule has 7 heteroatoms. The van der Waals surface area contributed by atoms with Crippen molar-refractivity contribution in [3.05, 3.63) is 0 Å². The van der Waals surface area contributed by atoms with Crippen molar-refractivity contribution < 1.29 is 8.42 Å². The Morgan fingerprint density at radius 1 is 0.963 bits per heavy atom. The molecule has 0 bridgehead atoms. The van der Waals surface area contributed by atoms with E-state index in [9.17, 15) is 8.42 Å². The molecule has 5 nitrogen and oxygen atoms in total. The van der Waals surface area contributed by atoms with E-state index in [1.54, 1.807) is 0 Å². The number of sulfone groups is 1. The molecule has 1 saturated heterocycles. The molecule has 3 aliphatic rings. The molecule has 158 valence electrons. The zero-order chi connectivity index (χ0) is 18.6. The highest BCUT2D eigenvalue weighted by Gasteiger charge is 2.29. The molecule has 0 aromatic heterocycles. The van der Waals surface area contributed by atoms with Crippen molar-refractivity contribution in [3.8, 4) is 0 Å². The second-order valence-corrected chi connectivity index (χ2v) is 11.7. The van der Waals surface area contributed by atoms with E-state index in [1.807, 2.05) is 0 Å². The van der Waals surface area contributed by atoms with Crippen LogP contribution in [0, 0.1) is 11.3 Å². The van der Waals surface area contributed by atoms with E-state index in [0.717, 1.165) is 12.4 Å². The van der Waals surface area contributed by atoms with E-state index in [1.165, 1.54) is 57.8 Å². The van der Waals surface area contributed by atoms with Crippen molar-refractivity contribution in [1.82, 2.24) is 10.6 Å². The molecule has 1 unspecified atom stereocenters. The summed E-state index contributed by atoms with van der Waals surface area (Å²) in [5.74, 6) is 1.76. The zero-order valence-electron chi connectivity index (χ0n) is 17.0. The van der Waals surface area contributed by atoms with Crippen LogP contribution in [0.5, 0.6) is 0 Å². The van der Waals surface area contributed by atoms with Crippen molar-refractivity contribution >= 4 is 39.8 Å². The van der Waals surface area contributed by atoms with Crippen LogP contribution < -0.4 is 10.6 Å². The number of nitrogens with one attached hydrogen (secondary N) is 2. The second-order valence-electron chi connectivity index (χ2n) is 9.52. The molecule has 0 aromatic carbocycles. The van der Waals surface area contributed by atoms with Gasteiger partial charge in [0.05, 0.1) is 11.5 Å². The van der Waals surface area contributed by atoms with Gasteiger partial charge in [-0.05, 0) is 56.3 Å². The van der Waals surface area contributed by atoms with Crippen LogP contribution in [0.1, 0.15) is 78.1 Å². The van der Waals surface area contributed by atoms with Crippen molar-refractivity contribution in [2.75, 3.05) is 18.1 Å². The third kappa shape index (κ3) is 7.71. The summed E-state index contributed by atoms with van der Waals surface area (Å²) < 4.78 is 23.4. The normalized spacial score (nSPS) is 29.1. The van der Waals surface area contributed by atoms with Crippen molar-refractivity contribution in [2.45, 2.75) is 90.1 Å². The fourth-order valence-corrected chi connectivity index (χ4v) is 6.40. The minimum Gasteiger partial charge on any atom is -0.354 e. The first-order valence-electron chi connectivity index (χ1n) is 10.6. The Balaban J connectivity index is 0.00000261. The zero-order valence-corrected chi connectivity index (χ0v) is 20.2. The van der Waals surface area contributed by atoms with E-state index in [2.05, 4.69) is 24.5 Å². The number of halogens is 1. The summed E-state index contributed by atoms with van der Waals surface area (Å²) in [6.07, 6.45) is 12.0. The van der Waals surface area contributed by atoms with Gasteiger partial charge in [-0.15, -0.1) is 24.0 Å². The Morgan fingerprint density at radius 3 is 2.11 bits per heavy atom. The molecule has 1 atom stereocenters. The maximum atomic E-state index is 11.7. The van der Waals surface area contributed by atoms with Crippen LogP contribution in [-0.2, 0) is 9.84 Å². The summed E-state index contributed by atoms with van der Waals surface area (Å²) in [6.45, 7) is 5.34. The number of nitrogens with zero attached hydrogens (tertiary/aromatic N) is 1. The molecular formula is C20H38IN3O2S. The fourth-order valence-electron chi connectivity index (χ4n) is 4.55. The Labute approximate surface area is 182 Å². The minimum atomic E-state index is -2.82. The molecule has 1 heterocycles. The van der Waals surface area contributed by atoms with Crippen LogP contribution in [-0.4, -0.2) is 44.5 Å². The van der Waals surface area contributed by atoms with E-state index >= 15 is 0 Å². The number of hydrogen-bond acceptors (Lipinski definition) is 3. The van der Waals surface area contributed by atoms with E-state index in [4.69, 9.17) is 4.99 Å². The van der Waals surface area contributed by atoms with Crippen LogP contribution >= 0.6 is 24.0 Å². The van der Waals surface area contributed by atoms with Crippen molar-refractivity contribution in [2.24, 2.45) is 16.3 Å². The molecule has 3 rings (SSSR count). The van der Waals surface area contributed by atoms with Gasteiger partial charge in [-0.25, -0.2) is 8.42 Å². The predicted octanol–water partition coefficient (Wildman–Crippen LogP) is 3.88. The lowest BCUT2D eigenvalue weighted by Crippen LogP contribution is -2.49. The van der Waals surface area contributed by atoms with Crippen LogP contribution in [0.4, 0.5) is 0 Å². The van der Waals surface area contributed by atoms with Crippen LogP contribution in [0.2, 0.25) is 0 Å². The highest BCUT2D eigenvalue weighted by atomic mass is 127. The molecule has 0 spiro atoms. The molecule has 27 heavy (non-hydrogen) atoms. The molecule has 2 N–H and O–H groups in total. The van der Waals surface area contributed by atoms with Gasteiger partial charge in [-0.1, -0.05) is 33.1 Å². The van der Waals surface area contributed by atoms with Crippen molar-refractivity contribution in [3.63, 3.8) is 0 Å². The van der Waals surface area contributed by atoms with Gasteiger partial charge < -0.3 is 10.6 Å². The summed E-state index contributed by atoms with van der Waals surface area (Å²) in [7, 11) is -2.82. The van der Waals surface area contributed by atoms with Gasteiger partial charge in [0.1, 0.15) is 0 Å². The lowest BCUT2D eigenvalue weighted by Gasteiger charge is -2.36. The smallest absolute Gasteiger partial charge is 0.191 e. The molecule has 2 aliphatic carbocycles. The third-order valence-electron chi connectivity index (χ3n) is 6.46. The van der Waals surface area contributed by atoms with E-state index in [-0.39, 0.29) is 29.9 Å². The monoisotopic (exact) mass is 511 g/mol. The molecule has 0 radical (unpaired) electrons. The van der Waals surface area contributed by atoms with Gasteiger partial charge >= 0.3 is 0 Å². The maximum Gasteiger partial charge on any atom is 0.191 e. The fraction of sp³-hybridized carbons (Fsp3) is 0.950. The highest BCUT2D eigenvalue weighted by Crippen LogP contribution is 2.35. The minimum absolute atomic E-state index is 0. The van der Waals surface area contributed by atoms with Gasteiger partial charge in [0.15, 0.2) is 15.8 Å². The highest BCUT2D eigenvalue weighted by molar-refractivity contribution is 14.0. The largest absolute Gasteiger partial charge is 0.354 e. The van der Waals surface area contributed by atoms with E-state index in [0.29, 0.717) is 35.5 Å². The third-order valence-corrected chi connectivity index (χ3v) is 8.30. The maximum absolute atomic E-state index is 11.7. The average molecular weight is 512 g/mol. The summed E-state index contributed by atoms with van der Waals surface area (Å²) >= 11 is 0. The first kappa shape index (κ1) is 23.2. The molecule has 3 fully saturated rings. The Morgan fingerprint density at radius 2 is 1.56 bits per heavy atom. The molecule has 0 amide bonds. The molecule has 1 aliphatic heterocycles. The van der Waals surface area contributed by atoms with Crippen LogP contribution in [0.15, 0.2) is 4.99 Å². The first-order valence-corrected chi connectivity index (χ1v) is 12.4. The van der Waals surface area contributed by atoms with Gasteiger partial charge in [-0.2, -0.15) is 0 Å². The number of hydrogen-bond donors (Lipinski definition) is 2. The molecule has 2 saturated carbocycles.